The van der Waals surface area contributed by atoms with E-state index in [1.807, 2.05) is 18.2 Å². The fourth-order valence-corrected chi connectivity index (χ4v) is 3.29. The van der Waals surface area contributed by atoms with Gasteiger partial charge in [0.2, 0.25) is 5.91 Å². The molecule has 0 saturated carbocycles. The van der Waals surface area contributed by atoms with Crippen molar-refractivity contribution in [1.29, 1.82) is 0 Å². The number of amides is 1. The second-order valence-corrected chi connectivity index (χ2v) is 6.06. The zero-order valence-electron chi connectivity index (χ0n) is 12.6. The quantitative estimate of drug-likeness (QED) is 0.910. The number of nitrogens with one attached hydrogen (secondary N) is 1. The molecule has 0 aliphatic carbocycles. The summed E-state index contributed by atoms with van der Waals surface area (Å²) in [7, 11) is 0. The summed E-state index contributed by atoms with van der Waals surface area (Å²) in [4.78, 5) is 12.0. The lowest BCUT2D eigenvalue weighted by Crippen LogP contribution is -2.30. The van der Waals surface area contributed by atoms with Crippen LogP contribution in [0.15, 0.2) is 54.6 Å². The van der Waals surface area contributed by atoms with Crippen molar-refractivity contribution in [3.63, 3.8) is 0 Å². The minimum atomic E-state index is -0.190. The van der Waals surface area contributed by atoms with Gasteiger partial charge in [-0.3, -0.25) is 4.79 Å². The van der Waals surface area contributed by atoms with Gasteiger partial charge in [-0.1, -0.05) is 68.4 Å². The van der Waals surface area contributed by atoms with Crippen molar-refractivity contribution >= 4 is 5.91 Å². The summed E-state index contributed by atoms with van der Waals surface area (Å²) in [6.07, 6.45) is 1.58. The third-order valence-corrected chi connectivity index (χ3v) is 4.62. The van der Waals surface area contributed by atoms with Crippen LogP contribution in [0.25, 0.3) is 0 Å². The second-order valence-electron chi connectivity index (χ2n) is 6.06. The largest absolute Gasteiger partial charge is 0.348 e. The predicted molar refractivity (Wildman–Crippen MR) is 85.1 cm³/mol. The molecule has 1 aliphatic heterocycles. The van der Waals surface area contributed by atoms with Crippen LogP contribution in [0.4, 0.5) is 0 Å². The number of carbonyl (C=O) groups excluding carboxylic acids is 1. The van der Waals surface area contributed by atoms with Gasteiger partial charge in [0.05, 0.1) is 6.04 Å². The molecule has 2 nitrogen and oxygen atoms in total. The zero-order chi connectivity index (χ0) is 14.9. The van der Waals surface area contributed by atoms with Crippen LogP contribution in [-0.2, 0) is 16.6 Å². The van der Waals surface area contributed by atoms with Crippen LogP contribution in [-0.4, -0.2) is 5.91 Å². The highest BCUT2D eigenvalue weighted by Gasteiger charge is 2.45. The summed E-state index contributed by atoms with van der Waals surface area (Å²) in [6, 6.07) is 19.0. The van der Waals surface area contributed by atoms with Crippen LogP contribution in [0.5, 0.6) is 0 Å². The Hall–Kier alpha value is -2.09. The Bertz CT molecular complexity index is 632. The van der Waals surface area contributed by atoms with Crippen LogP contribution in [0, 0.1) is 0 Å². The number of benzene rings is 2. The first-order valence-corrected chi connectivity index (χ1v) is 7.57. The van der Waals surface area contributed by atoms with E-state index in [0.717, 1.165) is 6.42 Å². The van der Waals surface area contributed by atoms with E-state index >= 15 is 0 Å². The molecule has 2 aromatic rings. The van der Waals surface area contributed by atoms with Gasteiger partial charge in [-0.2, -0.15) is 0 Å². The molecular formula is C19H21NO. The summed E-state index contributed by atoms with van der Waals surface area (Å²) in [6.45, 7) is 4.34. The minimum absolute atomic E-state index is 0.0404. The molecule has 1 fully saturated rings. The maximum Gasteiger partial charge on any atom is 0.221 e. The van der Waals surface area contributed by atoms with Gasteiger partial charge in [0.25, 0.3) is 0 Å². The molecule has 2 atom stereocenters. The Labute approximate surface area is 126 Å². The Kier molecular flexibility index (Phi) is 3.54. The summed E-state index contributed by atoms with van der Waals surface area (Å²) in [5.41, 5.74) is 3.54. The lowest BCUT2D eigenvalue weighted by molar-refractivity contribution is -0.119. The molecule has 0 aromatic heterocycles. The SMILES string of the molecule is CCc1ccc(C2(C)CC(=O)NC2c2ccccc2)cc1. The Morgan fingerprint density at radius 1 is 1.10 bits per heavy atom. The molecule has 2 unspecified atom stereocenters. The van der Waals surface area contributed by atoms with Gasteiger partial charge in [0.1, 0.15) is 0 Å². The van der Waals surface area contributed by atoms with Gasteiger partial charge in [0, 0.05) is 11.8 Å². The maximum absolute atomic E-state index is 12.0. The van der Waals surface area contributed by atoms with E-state index in [0.29, 0.717) is 6.42 Å². The molecule has 0 radical (unpaired) electrons. The highest BCUT2D eigenvalue weighted by atomic mass is 16.2. The minimum Gasteiger partial charge on any atom is -0.348 e. The van der Waals surface area contributed by atoms with E-state index in [-0.39, 0.29) is 17.4 Å². The molecule has 3 rings (SSSR count). The molecule has 108 valence electrons. The third-order valence-electron chi connectivity index (χ3n) is 4.62. The number of aryl methyl sites for hydroxylation is 1. The van der Waals surface area contributed by atoms with Crippen molar-refractivity contribution in [1.82, 2.24) is 5.32 Å². The average molecular weight is 279 g/mol. The molecule has 0 spiro atoms. The van der Waals surface area contributed by atoms with Crippen molar-refractivity contribution in [2.24, 2.45) is 0 Å². The molecule has 2 aromatic carbocycles. The van der Waals surface area contributed by atoms with Gasteiger partial charge in [0.15, 0.2) is 0 Å². The van der Waals surface area contributed by atoms with E-state index in [1.54, 1.807) is 0 Å². The summed E-state index contributed by atoms with van der Waals surface area (Å²) in [5.74, 6) is 0.130. The van der Waals surface area contributed by atoms with Gasteiger partial charge in [-0.25, -0.2) is 0 Å². The van der Waals surface area contributed by atoms with Crippen LogP contribution in [0.3, 0.4) is 0 Å². The van der Waals surface area contributed by atoms with Crippen molar-refractivity contribution < 1.29 is 4.79 Å². The van der Waals surface area contributed by atoms with Crippen LogP contribution >= 0.6 is 0 Å². The first-order chi connectivity index (χ1) is 10.1. The number of hydrogen-bond acceptors (Lipinski definition) is 1. The van der Waals surface area contributed by atoms with Crippen molar-refractivity contribution in [3.8, 4) is 0 Å². The molecule has 1 amide bonds. The highest BCUT2D eigenvalue weighted by Crippen LogP contribution is 2.44. The number of hydrogen-bond donors (Lipinski definition) is 1. The second kappa shape index (κ2) is 5.36. The fourth-order valence-electron chi connectivity index (χ4n) is 3.29. The normalized spacial score (nSPS) is 24.9. The Balaban J connectivity index is 2.01. The van der Waals surface area contributed by atoms with Crippen molar-refractivity contribution in [3.05, 3.63) is 71.3 Å². The van der Waals surface area contributed by atoms with Crippen LogP contribution in [0.2, 0.25) is 0 Å². The molecule has 2 heteroatoms. The van der Waals surface area contributed by atoms with Crippen molar-refractivity contribution in [2.75, 3.05) is 0 Å². The number of rotatable bonds is 3. The standard InChI is InChI=1S/C19H21NO/c1-3-14-9-11-16(12-10-14)19(2)13-17(21)20-18(19)15-7-5-4-6-8-15/h4-12,18H,3,13H2,1-2H3,(H,20,21). The van der Waals surface area contributed by atoms with E-state index in [4.69, 9.17) is 0 Å². The van der Waals surface area contributed by atoms with Gasteiger partial charge in [-0.05, 0) is 23.1 Å². The topological polar surface area (TPSA) is 29.1 Å². The lowest BCUT2D eigenvalue weighted by Gasteiger charge is -2.31. The number of carbonyl (C=O) groups is 1. The average Bonchev–Trinajstić information content (AvgIpc) is 2.84. The van der Waals surface area contributed by atoms with Crippen molar-refractivity contribution in [2.45, 2.75) is 38.1 Å². The summed E-state index contributed by atoms with van der Waals surface area (Å²) in [5, 5.41) is 3.15. The molecule has 21 heavy (non-hydrogen) atoms. The Morgan fingerprint density at radius 2 is 1.76 bits per heavy atom. The molecule has 1 saturated heterocycles. The Morgan fingerprint density at radius 3 is 2.38 bits per heavy atom. The van der Waals surface area contributed by atoms with E-state index in [1.165, 1.54) is 16.7 Å². The maximum atomic E-state index is 12.0. The van der Waals surface area contributed by atoms with Gasteiger partial charge in [-0.15, -0.1) is 0 Å². The first-order valence-electron chi connectivity index (χ1n) is 7.57. The van der Waals surface area contributed by atoms with E-state index in [2.05, 4.69) is 55.6 Å². The monoisotopic (exact) mass is 279 g/mol. The van der Waals surface area contributed by atoms with Gasteiger partial charge < -0.3 is 5.32 Å². The summed E-state index contributed by atoms with van der Waals surface area (Å²) < 4.78 is 0. The zero-order valence-corrected chi connectivity index (χ0v) is 12.6. The van der Waals surface area contributed by atoms with E-state index < -0.39 is 0 Å². The van der Waals surface area contributed by atoms with Gasteiger partial charge >= 0.3 is 0 Å². The fraction of sp³-hybridized carbons (Fsp3) is 0.316. The highest BCUT2D eigenvalue weighted by molar-refractivity contribution is 5.82. The predicted octanol–water partition coefficient (Wildman–Crippen LogP) is 3.77. The smallest absolute Gasteiger partial charge is 0.221 e. The van der Waals surface area contributed by atoms with Crippen LogP contribution < -0.4 is 5.32 Å². The van der Waals surface area contributed by atoms with E-state index in [9.17, 15) is 4.79 Å². The van der Waals surface area contributed by atoms with Crippen LogP contribution in [0.1, 0.15) is 43.0 Å². The molecule has 1 aliphatic rings. The molecular weight excluding hydrogens is 258 g/mol. The first kappa shape index (κ1) is 13.9. The third kappa shape index (κ3) is 2.46. The summed E-state index contributed by atoms with van der Waals surface area (Å²) >= 11 is 0. The molecule has 1 N–H and O–H groups in total. The lowest BCUT2D eigenvalue weighted by atomic mass is 9.73. The molecule has 0 bridgehead atoms. The molecule has 1 heterocycles.